The minimum absolute atomic E-state index is 0.103. The second-order valence-electron chi connectivity index (χ2n) is 6.68. The Morgan fingerprint density at radius 1 is 1.11 bits per heavy atom. The molecule has 1 amide bonds. The fraction of sp³-hybridized carbons (Fsp3) is 0.250. The summed E-state index contributed by atoms with van der Waals surface area (Å²) in [6.45, 7) is 0.847. The molecule has 4 rings (SSSR count). The van der Waals surface area contributed by atoms with Gasteiger partial charge in [0.1, 0.15) is 11.6 Å². The largest absolute Gasteiger partial charge is 0.399 e. The lowest BCUT2D eigenvalue weighted by Gasteiger charge is -2.11. The van der Waals surface area contributed by atoms with Gasteiger partial charge in [-0.25, -0.2) is 4.39 Å². The number of nitrogens with zero attached hydrogens (tertiary/aromatic N) is 3. The van der Waals surface area contributed by atoms with E-state index in [1.54, 1.807) is 36.4 Å². The van der Waals surface area contributed by atoms with Crippen molar-refractivity contribution in [3.63, 3.8) is 0 Å². The SMILES string of the molecule is Nc1cccc(C(=O)Nc2cc(-c3nnc4n3CCCCC4)ccc2F)c1. The standard InChI is InChI=1S/C20H20FN5O/c21-16-9-8-13(19-25-24-18-7-2-1-3-10-26(18)19)12-17(16)23-20(27)14-5-4-6-15(22)11-14/h4-6,8-9,11-12H,1-3,7,10,22H2,(H,23,27). The van der Waals surface area contributed by atoms with E-state index in [-0.39, 0.29) is 5.69 Å². The third-order valence-corrected chi connectivity index (χ3v) is 4.73. The number of hydrogen-bond acceptors (Lipinski definition) is 4. The minimum atomic E-state index is -0.508. The molecule has 0 bridgehead atoms. The first kappa shape index (κ1) is 17.2. The fourth-order valence-electron chi connectivity index (χ4n) is 3.33. The van der Waals surface area contributed by atoms with Crippen LogP contribution in [0.3, 0.4) is 0 Å². The molecule has 0 saturated carbocycles. The number of carbonyl (C=O) groups is 1. The number of benzene rings is 2. The monoisotopic (exact) mass is 365 g/mol. The second-order valence-corrected chi connectivity index (χ2v) is 6.68. The Bertz CT molecular complexity index is 998. The lowest BCUT2D eigenvalue weighted by atomic mass is 10.1. The van der Waals surface area contributed by atoms with Crippen LogP contribution in [0.5, 0.6) is 0 Å². The Morgan fingerprint density at radius 2 is 2.00 bits per heavy atom. The van der Waals surface area contributed by atoms with Crippen molar-refractivity contribution in [1.29, 1.82) is 0 Å². The summed E-state index contributed by atoms with van der Waals surface area (Å²) in [5.41, 5.74) is 7.38. The van der Waals surface area contributed by atoms with Crippen LogP contribution in [0.15, 0.2) is 42.5 Å². The summed E-state index contributed by atoms with van der Waals surface area (Å²) < 4.78 is 16.4. The molecule has 0 unspecified atom stereocenters. The molecule has 1 aliphatic rings. The molecule has 2 aromatic carbocycles. The molecule has 0 radical (unpaired) electrons. The highest BCUT2D eigenvalue weighted by molar-refractivity contribution is 6.05. The first-order chi connectivity index (χ1) is 13.1. The van der Waals surface area contributed by atoms with Crippen molar-refractivity contribution in [3.8, 4) is 11.4 Å². The molecule has 0 saturated heterocycles. The maximum absolute atomic E-state index is 14.3. The first-order valence-electron chi connectivity index (χ1n) is 9.01. The predicted molar refractivity (Wildman–Crippen MR) is 102 cm³/mol. The van der Waals surface area contributed by atoms with E-state index in [0.29, 0.717) is 17.1 Å². The third-order valence-electron chi connectivity index (χ3n) is 4.73. The Balaban J connectivity index is 1.64. The second kappa shape index (κ2) is 7.19. The smallest absolute Gasteiger partial charge is 0.255 e. The van der Waals surface area contributed by atoms with Crippen molar-refractivity contribution >= 4 is 17.3 Å². The molecular formula is C20H20FN5O. The lowest BCUT2D eigenvalue weighted by Crippen LogP contribution is -2.13. The van der Waals surface area contributed by atoms with Crippen LogP contribution in [-0.4, -0.2) is 20.7 Å². The number of anilines is 2. The van der Waals surface area contributed by atoms with E-state index >= 15 is 0 Å². The molecule has 27 heavy (non-hydrogen) atoms. The number of aromatic nitrogens is 3. The van der Waals surface area contributed by atoms with Gasteiger partial charge in [0.2, 0.25) is 0 Å². The summed E-state index contributed by atoms with van der Waals surface area (Å²) in [7, 11) is 0. The number of nitrogens with two attached hydrogens (primary N) is 1. The van der Waals surface area contributed by atoms with Gasteiger partial charge < -0.3 is 15.6 Å². The van der Waals surface area contributed by atoms with Crippen LogP contribution in [0.4, 0.5) is 15.8 Å². The van der Waals surface area contributed by atoms with Crippen molar-refractivity contribution in [2.45, 2.75) is 32.2 Å². The van der Waals surface area contributed by atoms with E-state index in [4.69, 9.17) is 5.73 Å². The van der Waals surface area contributed by atoms with Gasteiger partial charge in [-0.2, -0.15) is 0 Å². The van der Waals surface area contributed by atoms with Crippen molar-refractivity contribution in [3.05, 3.63) is 59.7 Å². The zero-order valence-electron chi connectivity index (χ0n) is 14.8. The van der Waals surface area contributed by atoms with Gasteiger partial charge in [-0.3, -0.25) is 4.79 Å². The molecule has 0 aliphatic carbocycles. The summed E-state index contributed by atoms with van der Waals surface area (Å²) in [5.74, 6) is 0.730. The van der Waals surface area contributed by atoms with Crippen LogP contribution in [-0.2, 0) is 13.0 Å². The summed E-state index contributed by atoms with van der Waals surface area (Å²) in [6.07, 6.45) is 4.22. The highest BCUT2D eigenvalue weighted by atomic mass is 19.1. The van der Waals surface area contributed by atoms with Gasteiger partial charge in [-0.05, 0) is 49.2 Å². The fourth-order valence-corrected chi connectivity index (χ4v) is 3.33. The first-order valence-corrected chi connectivity index (χ1v) is 9.01. The molecule has 1 aromatic heterocycles. The molecule has 6 nitrogen and oxygen atoms in total. The Kier molecular flexibility index (Phi) is 4.58. The average molecular weight is 365 g/mol. The van der Waals surface area contributed by atoms with Crippen LogP contribution < -0.4 is 11.1 Å². The number of aryl methyl sites for hydroxylation is 1. The van der Waals surface area contributed by atoms with E-state index < -0.39 is 11.7 Å². The van der Waals surface area contributed by atoms with Crippen molar-refractivity contribution in [2.24, 2.45) is 0 Å². The van der Waals surface area contributed by atoms with Crippen LogP contribution >= 0.6 is 0 Å². The normalized spacial score (nSPS) is 13.7. The molecule has 2 heterocycles. The molecule has 0 spiro atoms. The highest BCUT2D eigenvalue weighted by Gasteiger charge is 2.18. The quantitative estimate of drug-likeness (QED) is 0.694. The Labute approximate surface area is 156 Å². The molecule has 0 fully saturated rings. The molecule has 3 N–H and O–H groups in total. The van der Waals surface area contributed by atoms with E-state index in [1.165, 1.54) is 6.07 Å². The van der Waals surface area contributed by atoms with Gasteiger partial charge >= 0.3 is 0 Å². The topological polar surface area (TPSA) is 85.8 Å². The number of hydrogen-bond donors (Lipinski definition) is 2. The van der Waals surface area contributed by atoms with Gasteiger partial charge in [0.15, 0.2) is 5.82 Å². The van der Waals surface area contributed by atoms with E-state index in [0.717, 1.165) is 43.6 Å². The number of rotatable bonds is 3. The number of fused-ring (bicyclic) bond motifs is 1. The predicted octanol–water partition coefficient (Wildman–Crippen LogP) is 3.65. The summed E-state index contributed by atoms with van der Waals surface area (Å²) in [6, 6.07) is 11.1. The van der Waals surface area contributed by atoms with E-state index in [2.05, 4.69) is 20.1 Å². The molecule has 1 aliphatic heterocycles. The van der Waals surface area contributed by atoms with Crippen LogP contribution in [0.25, 0.3) is 11.4 Å². The minimum Gasteiger partial charge on any atom is -0.399 e. The van der Waals surface area contributed by atoms with Crippen molar-refractivity contribution in [2.75, 3.05) is 11.1 Å². The molecular weight excluding hydrogens is 345 g/mol. The number of nitrogen functional groups attached to an aromatic ring is 1. The van der Waals surface area contributed by atoms with Crippen molar-refractivity contribution in [1.82, 2.24) is 14.8 Å². The number of halogens is 1. The Morgan fingerprint density at radius 3 is 2.85 bits per heavy atom. The number of nitrogens with one attached hydrogen (secondary N) is 1. The maximum Gasteiger partial charge on any atom is 0.255 e. The van der Waals surface area contributed by atoms with Crippen LogP contribution in [0, 0.1) is 5.82 Å². The molecule has 7 heteroatoms. The van der Waals surface area contributed by atoms with Gasteiger partial charge in [0.05, 0.1) is 5.69 Å². The van der Waals surface area contributed by atoms with Crippen molar-refractivity contribution < 1.29 is 9.18 Å². The number of amides is 1. The Hall–Kier alpha value is -3.22. The third kappa shape index (κ3) is 3.53. The molecule has 138 valence electrons. The maximum atomic E-state index is 14.3. The average Bonchev–Trinajstić information content (AvgIpc) is 2.91. The lowest BCUT2D eigenvalue weighted by molar-refractivity contribution is 0.102. The zero-order valence-corrected chi connectivity index (χ0v) is 14.8. The summed E-state index contributed by atoms with van der Waals surface area (Å²) in [4.78, 5) is 12.4. The van der Waals surface area contributed by atoms with E-state index in [1.807, 2.05) is 0 Å². The molecule has 3 aromatic rings. The summed E-state index contributed by atoms with van der Waals surface area (Å²) in [5, 5.41) is 11.2. The van der Waals surface area contributed by atoms with Crippen LogP contribution in [0.1, 0.15) is 35.4 Å². The summed E-state index contributed by atoms with van der Waals surface area (Å²) >= 11 is 0. The molecule has 0 atom stereocenters. The number of carbonyl (C=O) groups excluding carboxylic acids is 1. The zero-order chi connectivity index (χ0) is 18.8. The highest BCUT2D eigenvalue weighted by Crippen LogP contribution is 2.27. The van der Waals surface area contributed by atoms with Gasteiger partial charge in [-0.1, -0.05) is 12.5 Å². The van der Waals surface area contributed by atoms with Gasteiger partial charge in [0, 0.05) is 29.8 Å². The van der Waals surface area contributed by atoms with Gasteiger partial charge in [-0.15, -0.1) is 10.2 Å². The van der Waals surface area contributed by atoms with Gasteiger partial charge in [0.25, 0.3) is 5.91 Å². The van der Waals surface area contributed by atoms with E-state index in [9.17, 15) is 9.18 Å². The van der Waals surface area contributed by atoms with Crippen LogP contribution in [0.2, 0.25) is 0 Å².